The van der Waals surface area contributed by atoms with Crippen molar-refractivity contribution >= 4 is 17.4 Å². The molecule has 0 saturated heterocycles. The molecule has 0 aliphatic heterocycles. The van der Waals surface area contributed by atoms with E-state index in [1.807, 2.05) is 0 Å². The van der Waals surface area contributed by atoms with Crippen molar-refractivity contribution in [2.75, 3.05) is 10.6 Å². The topological polar surface area (TPSA) is 76.0 Å². The van der Waals surface area contributed by atoms with E-state index >= 15 is 0 Å². The molecule has 7 heteroatoms. The van der Waals surface area contributed by atoms with Gasteiger partial charge in [-0.1, -0.05) is 12.1 Å². The fourth-order valence-corrected chi connectivity index (χ4v) is 2.21. The maximum atomic E-state index is 12.8. The number of benzene rings is 2. The van der Waals surface area contributed by atoms with Crippen LogP contribution in [0.15, 0.2) is 65.5 Å². The number of nitrogens with one attached hydrogen (secondary N) is 2. The number of hydrogen-bond donors (Lipinski definition) is 2. The van der Waals surface area contributed by atoms with Crippen molar-refractivity contribution in [3.8, 4) is 11.3 Å². The van der Waals surface area contributed by atoms with E-state index in [1.165, 1.54) is 35.0 Å². The van der Waals surface area contributed by atoms with Gasteiger partial charge < -0.3 is 10.6 Å². The lowest BCUT2D eigenvalue weighted by Crippen LogP contribution is -2.19. The molecule has 0 bridgehead atoms. The van der Waals surface area contributed by atoms with Crippen LogP contribution in [0.5, 0.6) is 0 Å². The molecule has 2 amide bonds. The van der Waals surface area contributed by atoms with Gasteiger partial charge in [-0.25, -0.2) is 13.9 Å². The van der Waals surface area contributed by atoms with Crippen LogP contribution in [0.4, 0.5) is 20.6 Å². The summed E-state index contributed by atoms with van der Waals surface area (Å²) in [4.78, 5) is 23.3. The summed E-state index contributed by atoms with van der Waals surface area (Å²) in [5.74, 6) is -0.367. The molecule has 0 atom stereocenters. The normalized spacial score (nSPS) is 10.3. The van der Waals surface area contributed by atoms with Crippen molar-refractivity contribution in [3.63, 3.8) is 0 Å². The summed E-state index contributed by atoms with van der Waals surface area (Å²) in [6, 6.07) is 15.2. The second-order valence-corrected chi connectivity index (χ2v) is 5.34. The van der Waals surface area contributed by atoms with E-state index in [0.717, 1.165) is 5.56 Å². The highest BCUT2D eigenvalue weighted by Gasteiger charge is 2.05. The Hall–Kier alpha value is -3.48. The fraction of sp³-hybridized carbons (Fsp3) is 0.0556. The minimum Gasteiger partial charge on any atom is -0.308 e. The van der Waals surface area contributed by atoms with Gasteiger partial charge in [-0.05, 0) is 42.5 Å². The third-order valence-corrected chi connectivity index (χ3v) is 3.50. The molecule has 2 N–H and O–H groups in total. The van der Waals surface area contributed by atoms with Gasteiger partial charge >= 0.3 is 6.03 Å². The molecule has 0 fully saturated rings. The largest absolute Gasteiger partial charge is 0.323 e. The van der Waals surface area contributed by atoms with Crippen molar-refractivity contribution in [3.05, 3.63) is 76.8 Å². The maximum Gasteiger partial charge on any atom is 0.323 e. The van der Waals surface area contributed by atoms with Gasteiger partial charge in [0.25, 0.3) is 5.56 Å². The van der Waals surface area contributed by atoms with E-state index in [9.17, 15) is 14.0 Å². The van der Waals surface area contributed by atoms with Crippen LogP contribution >= 0.6 is 0 Å². The molecule has 1 aromatic heterocycles. The monoisotopic (exact) mass is 338 g/mol. The Bertz CT molecular complexity index is 950. The Labute approximate surface area is 142 Å². The van der Waals surface area contributed by atoms with Crippen molar-refractivity contribution in [2.24, 2.45) is 7.05 Å². The van der Waals surface area contributed by atoms with Gasteiger partial charge in [-0.2, -0.15) is 5.10 Å². The minimum atomic E-state index is -0.431. The third-order valence-electron chi connectivity index (χ3n) is 3.50. The predicted molar refractivity (Wildman–Crippen MR) is 94.0 cm³/mol. The molecule has 0 aliphatic rings. The van der Waals surface area contributed by atoms with E-state index in [1.54, 1.807) is 37.4 Å². The van der Waals surface area contributed by atoms with Crippen LogP contribution in [-0.2, 0) is 7.05 Å². The van der Waals surface area contributed by atoms with Crippen LogP contribution < -0.4 is 16.2 Å². The first-order valence-corrected chi connectivity index (χ1v) is 7.50. The van der Waals surface area contributed by atoms with E-state index in [0.29, 0.717) is 17.1 Å². The molecule has 0 radical (unpaired) electrons. The van der Waals surface area contributed by atoms with Gasteiger partial charge in [0.15, 0.2) is 0 Å². The first-order chi connectivity index (χ1) is 12.0. The smallest absolute Gasteiger partial charge is 0.308 e. The molecule has 0 saturated carbocycles. The van der Waals surface area contributed by atoms with Crippen LogP contribution in [0, 0.1) is 5.82 Å². The van der Waals surface area contributed by atoms with Crippen LogP contribution in [0.2, 0.25) is 0 Å². The number of rotatable bonds is 3. The van der Waals surface area contributed by atoms with Crippen LogP contribution in [0.1, 0.15) is 0 Å². The van der Waals surface area contributed by atoms with E-state index in [2.05, 4.69) is 15.7 Å². The summed E-state index contributed by atoms with van der Waals surface area (Å²) < 4.78 is 14.1. The van der Waals surface area contributed by atoms with Crippen molar-refractivity contribution in [1.82, 2.24) is 9.78 Å². The number of halogens is 1. The van der Waals surface area contributed by atoms with E-state index < -0.39 is 6.03 Å². The first kappa shape index (κ1) is 16.4. The molecular formula is C18H15FN4O2. The molecule has 3 rings (SSSR count). The van der Waals surface area contributed by atoms with Crippen LogP contribution in [0.25, 0.3) is 11.3 Å². The summed E-state index contributed by atoms with van der Waals surface area (Å²) in [5.41, 5.74) is 2.38. The highest BCUT2D eigenvalue weighted by atomic mass is 19.1. The summed E-state index contributed by atoms with van der Waals surface area (Å²) in [7, 11) is 1.58. The van der Waals surface area contributed by atoms with Crippen molar-refractivity contribution < 1.29 is 9.18 Å². The molecule has 0 aliphatic carbocycles. The lowest BCUT2D eigenvalue weighted by Gasteiger charge is -2.08. The molecule has 0 spiro atoms. The standard InChI is InChI=1S/C18H15FN4O2/c1-23-17(24)11-10-16(22-23)12-2-6-14(7-3-12)20-18(25)21-15-8-4-13(19)5-9-15/h2-11H,1H3,(H2,20,21,25). The number of nitrogens with zero attached hydrogens (tertiary/aromatic N) is 2. The number of aryl methyl sites for hydroxylation is 1. The maximum absolute atomic E-state index is 12.8. The van der Waals surface area contributed by atoms with Gasteiger partial charge in [-0.3, -0.25) is 4.79 Å². The average molecular weight is 338 g/mol. The Balaban J connectivity index is 1.67. The molecule has 6 nitrogen and oxygen atoms in total. The number of amides is 2. The van der Waals surface area contributed by atoms with Crippen LogP contribution in [0.3, 0.4) is 0 Å². The molecule has 1 heterocycles. The number of hydrogen-bond acceptors (Lipinski definition) is 3. The minimum absolute atomic E-state index is 0.181. The van der Waals surface area contributed by atoms with Gasteiger partial charge in [0.2, 0.25) is 0 Å². The number of aromatic nitrogens is 2. The number of urea groups is 1. The summed E-state index contributed by atoms with van der Waals surface area (Å²) in [6.45, 7) is 0. The molecule has 3 aromatic rings. The Kier molecular flexibility index (Phi) is 4.56. The Morgan fingerprint density at radius 3 is 2.04 bits per heavy atom. The third kappa shape index (κ3) is 4.08. The quantitative estimate of drug-likeness (QED) is 0.770. The van der Waals surface area contributed by atoms with Gasteiger partial charge in [-0.15, -0.1) is 0 Å². The molecular weight excluding hydrogens is 323 g/mol. The highest BCUT2D eigenvalue weighted by Crippen LogP contribution is 2.18. The summed E-state index contributed by atoms with van der Waals surface area (Å²) in [5, 5.41) is 9.47. The summed E-state index contributed by atoms with van der Waals surface area (Å²) >= 11 is 0. The van der Waals surface area contributed by atoms with E-state index in [4.69, 9.17) is 0 Å². The number of carbonyl (C=O) groups is 1. The van der Waals surface area contributed by atoms with Gasteiger partial charge in [0, 0.05) is 30.1 Å². The Morgan fingerprint density at radius 2 is 1.48 bits per heavy atom. The molecule has 25 heavy (non-hydrogen) atoms. The Morgan fingerprint density at radius 1 is 0.920 bits per heavy atom. The zero-order valence-corrected chi connectivity index (χ0v) is 13.4. The SMILES string of the molecule is Cn1nc(-c2ccc(NC(=O)Nc3ccc(F)cc3)cc2)ccc1=O. The zero-order chi connectivity index (χ0) is 17.8. The van der Waals surface area contributed by atoms with Crippen molar-refractivity contribution in [1.29, 1.82) is 0 Å². The second-order valence-electron chi connectivity index (χ2n) is 5.34. The molecule has 0 unspecified atom stereocenters. The second kappa shape index (κ2) is 6.96. The molecule has 126 valence electrons. The van der Waals surface area contributed by atoms with Gasteiger partial charge in [0.05, 0.1) is 5.69 Å². The van der Waals surface area contributed by atoms with Crippen molar-refractivity contribution in [2.45, 2.75) is 0 Å². The number of anilines is 2. The zero-order valence-electron chi connectivity index (χ0n) is 13.4. The fourth-order valence-electron chi connectivity index (χ4n) is 2.21. The number of carbonyl (C=O) groups excluding carboxylic acids is 1. The first-order valence-electron chi connectivity index (χ1n) is 7.50. The van der Waals surface area contributed by atoms with Crippen LogP contribution in [-0.4, -0.2) is 15.8 Å². The molecule has 2 aromatic carbocycles. The average Bonchev–Trinajstić information content (AvgIpc) is 2.60. The predicted octanol–water partition coefficient (Wildman–Crippen LogP) is 3.23. The summed E-state index contributed by atoms with van der Waals surface area (Å²) in [6.07, 6.45) is 0. The highest BCUT2D eigenvalue weighted by molar-refractivity contribution is 5.99. The van der Waals surface area contributed by atoms with Gasteiger partial charge in [0.1, 0.15) is 5.82 Å². The lowest BCUT2D eigenvalue weighted by molar-refractivity contribution is 0.262. The lowest BCUT2D eigenvalue weighted by atomic mass is 10.1. The van der Waals surface area contributed by atoms with E-state index in [-0.39, 0.29) is 11.4 Å².